The molecule has 0 aromatic carbocycles. The van der Waals surface area contributed by atoms with E-state index in [1.165, 1.54) is 12.0 Å². The van der Waals surface area contributed by atoms with Crippen LogP contribution in [0.25, 0.3) is 0 Å². The highest BCUT2D eigenvalue weighted by atomic mass is 19.4. The molecule has 0 saturated carbocycles. The second kappa shape index (κ2) is 7.03. The largest absolute Gasteiger partial charge is 0.401 e. The monoisotopic (exact) mass is 228 g/mol. The molecule has 92 valence electrons. The van der Waals surface area contributed by atoms with E-state index in [0.717, 1.165) is 0 Å². The average Bonchev–Trinajstić information content (AvgIpc) is 2.15. The summed E-state index contributed by atoms with van der Waals surface area (Å²) in [6.45, 7) is 1.90. The number of hydrogen-bond acceptors (Lipinski definition) is 3. The van der Waals surface area contributed by atoms with E-state index in [0.29, 0.717) is 26.1 Å². The van der Waals surface area contributed by atoms with E-state index in [2.05, 4.69) is 0 Å². The van der Waals surface area contributed by atoms with E-state index in [9.17, 15) is 13.2 Å². The number of nitrogens with zero attached hydrogens (tertiary/aromatic N) is 1. The lowest BCUT2D eigenvalue weighted by Gasteiger charge is -2.23. The number of halogens is 3. The summed E-state index contributed by atoms with van der Waals surface area (Å²) in [4.78, 5) is 1.34. The molecule has 15 heavy (non-hydrogen) atoms. The Morgan fingerprint density at radius 1 is 1.40 bits per heavy atom. The van der Waals surface area contributed by atoms with Crippen LogP contribution in [-0.2, 0) is 4.74 Å². The minimum atomic E-state index is -4.14. The van der Waals surface area contributed by atoms with Gasteiger partial charge in [-0.3, -0.25) is 4.90 Å². The number of ether oxygens (including phenoxy) is 1. The summed E-state index contributed by atoms with van der Waals surface area (Å²) in [5, 5.41) is 0. The topological polar surface area (TPSA) is 38.5 Å². The van der Waals surface area contributed by atoms with Crippen LogP contribution in [0.4, 0.5) is 13.2 Å². The Kier molecular flexibility index (Phi) is 6.87. The van der Waals surface area contributed by atoms with E-state index >= 15 is 0 Å². The van der Waals surface area contributed by atoms with Crippen molar-refractivity contribution in [1.82, 2.24) is 4.90 Å². The zero-order valence-electron chi connectivity index (χ0n) is 9.18. The molecule has 6 heteroatoms. The summed E-state index contributed by atoms with van der Waals surface area (Å²) in [5.41, 5.74) is 5.37. The summed E-state index contributed by atoms with van der Waals surface area (Å²) < 4.78 is 41.2. The molecule has 2 N–H and O–H groups in total. The third-order valence-electron chi connectivity index (χ3n) is 2.21. The van der Waals surface area contributed by atoms with Crippen molar-refractivity contribution < 1.29 is 17.9 Å². The van der Waals surface area contributed by atoms with Gasteiger partial charge in [-0.25, -0.2) is 0 Å². The normalized spacial score (nSPS) is 14.6. The Balaban J connectivity index is 3.89. The van der Waals surface area contributed by atoms with Crippen molar-refractivity contribution in [2.45, 2.75) is 25.6 Å². The Bertz CT molecular complexity index is 160. The van der Waals surface area contributed by atoms with Crippen molar-refractivity contribution in [1.29, 1.82) is 0 Å². The standard InChI is InChI=1S/C9H19F3N2O/c1-3-14(7-9(10,11)12)5-4-8(6-13)15-2/h8H,3-7,13H2,1-2H3. The molecule has 0 rings (SSSR count). The van der Waals surface area contributed by atoms with Gasteiger partial charge in [0.05, 0.1) is 12.6 Å². The van der Waals surface area contributed by atoms with Crippen LogP contribution in [-0.4, -0.2) is 50.5 Å². The summed E-state index contributed by atoms with van der Waals surface area (Å²) >= 11 is 0. The molecular weight excluding hydrogens is 209 g/mol. The van der Waals surface area contributed by atoms with Crippen molar-refractivity contribution in [3.63, 3.8) is 0 Å². The fourth-order valence-electron chi connectivity index (χ4n) is 1.26. The fraction of sp³-hybridized carbons (Fsp3) is 1.00. The lowest BCUT2D eigenvalue weighted by Crippen LogP contribution is -2.37. The number of rotatable bonds is 7. The minimum Gasteiger partial charge on any atom is -0.380 e. The maximum Gasteiger partial charge on any atom is 0.401 e. The van der Waals surface area contributed by atoms with Gasteiger partial charge in [0.1, 0.15) is 0 Å². The number of hydrogen-bond donors (Lipinski definition) is 1. The zero-order chi connectivity index (χ0) is 11.9. The van der Waals surface area contributed by atoms with Crippen molar-refractivity contribution >= 4 is 0 Å². The van der Waals surface area contributed by atoms with Gasteiger partial charge in [-0.15, -0.1) is 0 Å². The first-order valence-corrected chi connectivity index (χ1v) is 4.94. The first-order valence-electron chi connectivity index (χ1n) is 4.94. The van der Waals surface area contributed by atoms with Crippen LogP contribution in [0.5, 0.6) is 0 Å². The predicted octanol–water partition coefficient (Wildman–Crippen LogP) is 1.23. The van der Waals surface area contributed by atoms with E-state index in [4.69, 9.17) is 10.5 Å². The molecule has 0 amide bonds. The van der Waals surface area contributed by atoms with Crippen LogP contribution in [0.2, 0.25) is 0 Å². The molecule has 0 radical (unpaired) electrons. The van der Waals surface area contributed by atoms with E-state index < -0.39 is 12.7 Å². The summed E-state index contributed by atoms with van der Waals surface area (Å²) in [6.07, 6.45) is -3.77. The van der Waals surface area contributed by atoms with Gasteiger partial charge < -0.3 is 10.5 Å². The van der Waals surface area contributed by atoms with Gasteiger partial charge in [-0.1, -0.05) is 6.92 Å². The van der Waals surface area contributed by atoms with Crippen molar-refractivity contribution in [2.75, 3.05) is 33.3 Å². The highest BCUT2D eigenvalue weighted by molar-refractivity contribution is 4.66. The molecule has 0 aromatic rings. The second-order valence-electron chi connectivity index (χ2n) is 3.37. The van der Waals surface area contributed by atoms with Gasteiger partial charge >= 0.3 is 6.18 Å². The highest BCUT2D eigenvalue weighted by Crippen LogP contribution is 2.16. The predicted molar refractivity (Wildman–Crippen MR) is 52.6 cm³/mol. The Labute approximate surface area is 88.4 Å². The fourth-order valence-corrected chi connectivity index (χ4v) is 1.26. The van der Waals surface area contributed by atoms with Gasteiger partial charge in [-0.05, 0) is 13.0 Å². The number of alkyl halides is 3. The summed E-state index contributed by atoms with van der Waals surface area (Å²) in [7, 11) is 1.51. The molecule has 0 aliphatic heterocycles. The first kappa shape index (κ1) is 14.7. The van der Waals surface area contributed by atoms with Crippen LogP contribution >= 0.6 is 0 Å². The lowest BCUT2D eigenvalue weighted by atomic mass is 10.2. The van der Waals surface area contributed by atoms with Gasteiger partial charge in [0.25, 0.3) is 0 Å². The SMILES string of the molecule is CCN(CCC(CN)OC)CC(F)(F)F. The van der Waals surface area contributed by atoms with Crippen LogP contribution in [0.3, 0.4) is 0 Å². The highest BCUT2D eigenvalue weighted by Gasteiger charge is 2.30. The Morgan fingerprint density at radius 3 is 2.33 bits per heavy atom. The molecule has 0 fully saturated rings. The molecule has 1 unspecified atom stereocenters. The average molecular weight is 228 g/mol. The van der Waals surface area contributed by atoms with Crippen LogP contribution in [0.15, 0.2) is 0 Å². The zero-order valence-corrected chi connectivity index (χ0v) is 9.18. The van der Waals surface area contributed by atoms with Crippen molar-refractivity contribution in [2.24, 2.45) is 5.73 Å². The lowest BCUT2D eigenvalue weighted by molar-refractivity contribution is -0.146. The third-order valence-corrected chi connectivity index (χ3v) is 2.21. The molecule has 0 bridgehead atoms. The molecule has 0 spiro atoms. The van der Waals surface area contributed by atoms with Crippen LogP contribution in [0, 0.1) is 0 Å². The molecule has 0 heterocycles. The minimum absolute atomic E-state index is 0.160. The van der Waals surface area contributed by atoms with Gasteiger partial charge in [-0.2, -0.15) is 13.2 Å². The molecule has 1 atom stereocenters. The third kappa shape index (κ3) is 7.58. The maximum atomic E-state index is 12.1. The van der Waals surface area contributed by atoms with Gasteiger partial charge in [0.15, 0.2) is 0 Å². The smallest absolute Gasteiger partial charge is 0.380 e. The molecule has 0 saturated heterocycles. The second-order valence-corrected chi connectivity index (χ2v) is 3.37. The maximum absolute atomic E-state index is 12.1. The molecule has 0 aliphatic carbocycles. The first-order chi connectivity index (χ1) is 6.92. The van der Waals surface area contributed by atoms with E-state index in [1.54, 1.807) is 6.92 Å². The summed E-state index contributed by atoms with van der Waals surface area (Å²) in [5.74, 6) is 0. The van der Waals surface area contributed by atoms with Crippen molar-refractivity contribution in [3.05, 3.63) is 0 Å². The van der Waals surface area contributed by atoms with Crippen LogP contribution < -0.4 is 5.73 Å². The van der Waals surface area contributed by atoms with Crippen LogP contribution in [0.1, 0.15) is 13.3 Å². The quantitative estimate of drug-likeness (QED) is 0.712. The molecule has 0 aliphatic rings. The molecule has 0 aromatic heterocycles. The molecular formula is C9H19F3N2O. The summed E-state index contributed by atoms with van der Waals surface area (Å²) in [6, 6.07) is 0. The Morgan fingerprint density at radius 2 is 2.00 bits per heavy atom. The van der Waals surface area contributed by atoms with Gasteiger partial charge in [0.2, 0.25) is 0 Å². The number of methoxy groups -OCH3 is 1. The van der Waals surface area contributed by atoms with Crippen molar-refractivity contribution in [3.8, 4) is 0 Å². The van der Waals surface area contributed by atoms with Gasteiger partial charge in [0, 0.05) is 20.2 Å². The Hall–Kier alpha value is -0.330. The number of nitrogens with two attached hydrogens (primary N) is 1. The molecule has 3 nitrogen and oxygen atoms in total. The van der Waals surface area contributed by atoms with E-state index in [-0.39, 0.29) is 6.10 Å². The van der Waals surface area contributed by atoms with E-state index in [1.807, 2.05) is 0 Å².